The maximum Gasteiger partial charge on any atom is 0.344 e. The molecule has 0 aliphatic carbocycles. The lowest BCUT2D eigenvalue weighted by molar-refractivity contribution is -0.896. The molecule has 1 N–H and O–H groups in total. The average Bonchev–Trinajstić information content (AvgIpc) is 2.63. The van der Waals surface area contributed by atoms with Gasteiger partial charge in [-0.05, 0) is 45.4 Å². The van der Waals surface area contributed by atoms with E-state index in [2.05, 4.69) is 13.8 Å². The summed E-state index contributed by atoms with van der Waals surface area (Å²) >= 11 is 0. The molecule has 26 heavy (non-hydrogen) atoms. The van der Waals surface area contributed by atoms with Crippen molar-refractivity contribution in [2.45, 2.75) is 34.1 Å². The van der Waals surface area contributed by atoms with E-state index in [1.165, 1.54) is 4.90 Å². The van der Waals surface area contributed by atoms with Crippen LogP contribution in [0.2, 0.25) is 0 Å². The Balaban J connectivity index is 2.22. The molecule has 0 aliphatic rings. The van der Waals surface area contributed by atoms with Gasteiger partial charge in [0.1, 0.15) is 11.3 Å². The number of likely N-dealkylation sites (N-methyl/N-ethyl adjacent to an activating group) is 1. The van der Waals surface area contributed by atoms with Crippen LogP contribution in [0.15, 0.2) is 27.4 Å². The molecule has 1 heterocycles. The Labute approximate surface area is 153 Å². The average molecular weight is 362 g/mol. The molecule has 6 nitrogen and oxygen atoms in total. The molecule has 0 saturated heterocycles. The minimum atomic E-state index is -0.431. The smallest absolute Gasteiger partial charge is 0.344 e. The second-order valence-corrected chi connectivity index (χ2v) is 6.20. The van der Waals surface area contributed by atoms with Crippen molar-refractivity contribution in [3.63, 3.8) is 0 Å². The van der Waals surface area contributed by atoms with E-state index in [-0.39, 0.29) is 12.2 Å². The van der Waals surface area contributed by atoms with E-state index in [9.17, 15) is 9.59 Å². The van der Waals surface area contributed by atoms with Gasteiger partial charge >= 0.3 is 11.6 Å². The monoisotopic (exact) mass is 362 g/mol. The molecule has 142 valence electrons. The number of hydrogen-bond donors (Lipinski definition) is 1. The summed E-state index contributed by atoms with van der Waals surface area (Å²) in [4.78, 5) is 25.3. The highest BCUT2D eigenvalue weighted by atomic mass is 16.6. The van der Waals surface area contributed by atoms with Crippen LogP contribution in [0.5, 0.6) is 5.75 Å². The fourth-order valence-electron chi connectivity index (χ4n) is 3.00. The first kappa shape index (κ1) is 20.0. The molecule has 0 radical (unpaired) electrons. The Hall–Kier alpha value is -2.34. The third kappa shape index (κ3) is 4.85. The topological polar surface area (TPSA) is 70.2 Å². The third-order valence-electron chi connectivity index (χ3n) is 4.65. The molecule has 0 unspecified atom stereocenters. The normalized spacial score (nSPS) is 11.1. The number of rotatable bonds is 9. The van der Waals surface area contributed by atoms with Gasteiger partial charge in [0, 0.05) is 23.4 Å². The number of hydrogen-bond acceptors (Lipinski definition) is 5. The number of ether oxygens (including phenoxy) is 2. The zero-order valence-electron chi connectivity index (χ0n) is 16.0. The van der Waals surface area contributed by atoms with Crippen molar-refractivity contribution in [2.75, 3.05) is 32.8 Å². The van der Waals surface area contributed by atoms with Gasteiger partial charge in [-0.1, -0.05) is 0 Å². The minimum Gasteiger partial charge on any atom is -0.482 e. The molecule has 1 aromatic carbocycles. The van der Waals surface area contributed by atoms with Gasteiger partial charge in [-0.15, -0.1) is 0 Å². The molecule has 0 amide bonds. The van der Waals surface area contributed by atoms with Crippen molar-refractivity contribution in [1.29, 1.82) is 0 Å². The standard InChI is InChI=1S/C20H27NO5/c1-5-21(6-2)11-10-17-14(4)16-9-8-15(12-18(16)26-20(17)23)25-13-19(22)24-7-3/h8-9,12H,5-7,10-11,13H2,1-4H3/p+1. The second-order valence-electron chi connectivity index (χ2n) is 6.20. The van der Waals surface area contributed by atoms with E-state index in [1.807, 2.05) is 13.0 Å². The molecule has 0 saturated carbocycles. The van der Waals surface area contributed by atoms with Gasteiger partial charge in [-0.3, -0.25) is 0 Å². The molecule has 1 aromatic heterocycles. The lowest BCUT2D eigenvalue weighted by atomic mass is 10.0. The Morgan fingerprint density at radius 2 is 1.92 bits per heavy atom. The zero-order valence-corrected chi connectivity index (χ0v) is 16.0. The van der Waals surface area contributed by atoms with Crippen molar-refractivity contribution < 1.29 is 23.6 Å². The Morgan fingerprint density at radius 1 is 1.19 bits per heavy atom. The van der Waals surface area contributed by atoms with Gasteiger partial charge in [0.05, 0.1) is 26.2 Å². The molecule has 0 fully saturated rings. The quantitative estimate of drug-likeness (QED) is 0.541. The van der Waals surface area contributed by atoms with E-state index in [0.29, 0.717) is 24.4 Å². The highest BCUT2D eigenvalue weighted by molar-refractivity contribution is 5.82. The molecule has 0 bridgehead atoms. The van der Waals surface area contributed by atoms with Gasteiger partial charge in [0.25, 0.3) is 0 Å². The summed E-state index contributed by atoms with van der Waals surface area (Å²) in [7, 11) is 0. The van der Waals surface area contributed by atoms with Crippen molar-refractivity contribution >= 4 is 16.9 Å². The molecular formula is C20H28NO5+. The van der Waals surface area contributed by atoms with Crippen LogP contribution in [0.25, 0.3) is 11.0 Å². The Morgan fingerprint density at radius 3 is 2.58 bits per heavy atom. The van der Waals surface area contributed by atoms with Crippen LogP contribution >= 0.6 is 0 Å². The SMILES string of the molecule is CCOC(=O)COc1ccc2c(C)c(CC[NH+](CC)CC)c(=O)oc2c1. The van der Waals surface area contributed by atoms with Crippen molar-refractivity contribution in [1.82, 2.24) is 0 Å². The number of quaternary nitrogens is 1. The highest BCUT2D eigenvalue weighted by Crippen LogP contribution is 2.24. The minimum absolute atomic E-state index is 0.173. The fraction of sp³-hybridized carbons (Fsp3) is 0.500. The number of benzene rings is 1. The predicted octanol–water partition coefficient (Wildman–Crippen LogP) is 1.51. The number of esters is 1. The summed E-state index contributed by atoms with van der Waals surface area (Å²) < 4.78 is 15.7. The van der Waals surface area contributed by atoms with Crippen LogP contribution in [0.4, 0.5) is 0 Å². The number of nitrogens with one attached hydrogen (secondary N) is 1. The highest BCUT2D eigenvalue weighted by Gasteiger charge is 2.14. The Kier molecular flexibility index (Phi) is 7.21. The molecule has 2 rings (SSSR count). The van der Waals surface area contributed by atoms with Gasteiger partial charge in [0.2, 0.25) is 0 Å². The number of aryl methyl sites for hydroxylation is 1. The lowest BCUT2D eigenvalue weighted by Gasteiger charge is -2.16. The van der Waals surface area contributed by atoms with Gasteiger partial charge in [-0.2, -0.15) is 0 Å². The summed E-state index contributed by atoms with van der Waals surface area (Å²) in [5.74, 6) is 0.0351. The maximum atomic E-state index is 12.4. The molecule has 0 atom stereocenters. The summed E-state index contributed by atoms with van der Waals surface area (Å²) in [5, 5.41) is 0.887. The third-order valence-corrected chi connectivity index (χ3v) is 4.65. The van der Waals surface area contributed by atoms with Crippen LogP contribution in [0, 0.1) is 6.92 Å². The summed E-state index contributed by atoms with van der Waals surface area (Å²) in [6, 6.07) is 5.28. The summed E-state index contributed by atoms with van der Waals surface area (Å²) in [6.45, 7) is 11.1. The molecule has 2 aromatic rings. The van der Waals surface area contributed by atoms with Crippen LogP contribution in [-0.4, -0.2) is 38.8 Å². The van der Waals surface area contributed by atoms with E-state index in [1.54, 1.807) is 19.1 Å². The first-order valence-corrected chi connectivity index (χ1v) is 9.18. The number of fused-ring (bicyclic) bond motifs is 1. The van der Waals surface area contributed by atoms with E-state index >= 15 is 0 Å². The maximum absolute atomic E-state index is 12.4. The lowest BCUT2D eigenvalue weighted by Crippen LogP contribution is -3.11. The van der Waals surface area contributed by atoms with Crippen LogP contribution < -0.4 is 15.3 Å². The van der Waals surface area contributed by atoms with Gasteiger partial charge in [0.15, 0.2) is 6.61 Å². The number of carbonyl (C=O) groups is 1. The van der Waals surface area contributed by atoms with E-state index in [0.717, 1.165) is 36.1 Å². The van der Waals surface area contributed by atoms with Gasteiger partial charge in [-0.25, -0.2) is 9.59 Å². The van der Waals surface area contributed by atoms with E-state index < -0.39 is 5.97 Å². The van der Waals surface area contributed by atoms with Crippen LogP contribution in [0.3, 0.4) is 0 Å². The predicted molar refractivity (Wildman–Crippen MR) is 100.0 cm³/mol. The summed E-state index contributed by atoms with van der Waals surface area (Å²) in [6.07, 6.45) is 0.697. The molecule has 0 spiro atoms. The van der Waals surface area contributed by atoms with E-state index in [4.69, 9.17) is 13.9 Å². The van der Waals surface area contributed by atoms with Crippen molar-refractivity contribution in [3.05, 3.63) is 39.7 Å². The zero-order chi connectivity index (χ0) is 19.1. The van der Waals surface area contributed by atoms with Crippen LogP contribution in [-0.2, 0) is 16.0 Å². The molecule has 6 heteroatoms. The van der Waals surface area contributed by atoms with Crippen molar-refractivity contribution in [2.24, 2.45) is 0 Å². The molecular weight excluding hydrogens is 334 g/mol. The fourth-order valence-corrected chi connectivity index (χ4v) is 3.00. The first-order chi connectivity index (χ1) is 12.5. The van der Waals surface area contributed by atoms with Gasteiger partial charge < -0.3 is 18.8 Å². The van der Waals surface area contributed by atoms with Crippen LogP contribution in [0.1, 0.15) is 31.9 Å². The Bertz CT molecular complexity index is 808. The summed E-state index contributed by atoms with van der Waals surface area (Å²) in [5.41, 5.74) is 1.84. The second kappa shape index (κ2) is 9.38. The largest absolute Gasteiger partial charge is 0.482 e. The number of carbonyl (C=O) groups excluding carboxylic acids is 1. The van der Waals surface area contributed by atoms with Crippen molar-refractivity contribution in [3.8, 4) is 5.75 Å². The first-order valence-electron chi connectivity index (χ1n) is 9.18. The molecule has 0 aliphatic heterocycles.